The van der Waals surface area contributed by atoms with Gasteiger partial charge in [0, 0.05) is 11.9 Å². The molecule has 0 fully saturated rings. The summed E-state index contributed by atoms with van der Waals surface area (Å²) in [6.07, 6.45) is 0. The fourth-order valence-corrected chi connectivity index (χ4v) is 3.08. The van der Waals surface area contributed by atoms with Gasteiger partial charge in [0.05, 0.1) is 10.7 Å². The third kappa shape index (κ3) is 4.74. The molecule has 0 aliphatic heterocycles. The van der Waals surface area contributed by atoms with E-state index in [0.717, 1.165) is 9.13 Å². The number of aromatic amines is 1. The maximum absolute atomic E-state index is 12.4. The third-order valence-electron chi connectivity index (χ3n) is 3.66. The van der Waals surface area contributed by atoms with Crippen molar-refractivity contribution in [1.82, 2.24) is 14.1 Å². The number of alkyl halides is 3. The summed E-state index contributed by atoms with van der Waals surface area (Å²) in [5.41, 5.74) is -6.93. The first kappa shape index (κ1) is 20.8. The van der Waals surface area contributed by atoms with Gasteiger partial charge in [-0.05, 0) is 54.2 Å². The number of benzene rings is 2. The SMILES string of the molecule is Cn1c(=O)[nH]c(=O)n(-c2ccc(Oc3ccc(SC(F)(F)F)cc3)c(Cl)c2)c1=O. The smallest absolute Gasteiger partial charge is 0.446 e. The molecule has 0 amide bonds. The third-order valence-corrected chi connectivity index (χ3v) is 4.69. The van der Waals surface area contributed by atoms with Crippen LogP contribution >= 0.6 is 23.4 Å². The van der Waals surface area contributed by atoms with Crippen LogP contribution in [-0.2, 0) is 7.05 Å². The van der Waals surface area contributed by atoms with Gasteiger partial charge in [0.15, 0.2) is 0 Å². The molecule has 152 valence electrons. The zero-order chi connectivity index (χ0) is 21.3. The lowest BCUT2D eigenvalue weighted by Crippen LogP contribution is -2.47. The van der Waals surface area contributed by atoms with Crippen LogP contribution in [0.4, 0.5) is 13.2 Å². The molecule has 1 aromatic heterocycles. The van der Waals surface area contributed by atoms with E-state index in [4.69, 9.17) is 16.3 Å². The lowest BCUT2D eigenvalue weighted by atomic mass is 10.3. The predicted molar refractivity (Wildman–Crippen MR) is 101 cm³/mol. The fraction of sp³-hybridized carbons (Fsp3) is 0.118. The molecule has 3 aromatic rings. The maximum atomic E-state index is 12.4. The Bertz CT molecular complexity index is 1230. The van der Waals surface area contributed by atoms with Crippen molar-refractivity contribution >= 4 is 23.4 Å². The number of rotatable bonds is 4. The van der Waals surface area contributed by atoms with Crippen molar-refractivity contribution in [2.45, 2.75) is 10.4 Å². The molecule has 0 atom stereocenters. The first-order valence-corrected chi connectivity index (χ1v) is 9.00. The molecule has 0 saturated heterocycles. The van der Waals surface area contributed by atoms with Gasteiger partial charge in [0.25, 0.3) is 0 Å². The van der Waals surface area contributed by atoms with Gasteiger partial charge in [-0.1, -0.05) is 11.6 Å². The van der Waals surface area contributed by atoms with Crippen LogP contribution in [0.25, 0.3) is 5.69 Å². The van der Waals surface area contributed by atoms with Crippen molar-refractivity contribution in [3.63, 3.8) is 0 Å². The van der Waals surface area contributed by atoms with Gasteiger partial charge in [-0.25, -0.2) is 23.5 Å². The Morgan fingerprint density at radius 2 is 1.69 bits per heavy atom. The summed E-state index contributed by atoms with van der Waals surface area (Å²) < 4.78 is 44.1. The highest BCUT2D eigenvalue weighted by atomic mass is 35.5. The van der Waals surface area contributed by atoms with E-state index in [1.54, 1.807) is 0 Å². The quantitative estimate of drug-likeness (QED) is 0.623. The fourth-order valence-electron chi connectivity index (χ4n) is 2.33. The molecule has 0 spiro atoms. The van der Waals surface area contributed by atoms with Crippen molar-refractivity contribution < 1.29 is 17.9 Å². The molecular weight excluding hydrogens is 435 g/mol. The molecule has 2 aromatic carbocycles. The van der Waals surface area contributed by atoms with Gasteiger partial charge in [-0.3, -0.25) is 4.98 Å². The Morgan fingerprint density at radius 1 is 1.03 bits per heavy atom. The Kier molecular flexibility index (Phi) is 5.62. The number of hydrogen-bond donors (Lipinski definition) is 1. The number of thioether (sulfide) groups is 1. The minimum Gasteiger partial charge on any atom is -0.456 e. The zero-order valence-corrected chi connectivity index (χ0v) is 16.1. The summed E-state index contributed by atoms with van der Waals surface area (Å²) in [7, 11) is 1.21. The van der Waals surface area contributed by atoms with Crippen LogP contribution in [0.5, 0.6) is 11.5 Å². The number of aromatic nitrogens is 3. The number of ether oxygens (including phenoxy) is 1. The van der Waals surface area contributed by atoms with Gasteiger partial charge in [0.1, 0.15) is 11.5 Å². The van der Waals surface area contributed by atoms with Gasteiger partial charge >= 0.3 is 22.6 Å². The van der Waals surface area contributed by atoms with Crippen LogP contribution < -0.4 is 21.8 Å². The van der Waals surface area contributed by atoms with E-state index >= 15 is 0 Å². The highest BCUT2D eigenvalue weighted by Crippen LogP contribution is 2.38. The molecule has 0 saturated carbocycles. The van der Waals surface area contributed by atoms with E-state index in [2.05, 4.69) is 0 Å². The molecule has 3 rings (SSSR count). The van der Waals surface area contributed by atoms with Gasteiger partial charge in [-0.2, -0.15) is 13.2 Å². The van der Waals surface area contributed by atoms with Gasteiger partial charge in [-0.15, -0.1) is 0 Å². The summed E-state index contributed by atoms with van der Waals surface area (Å²) in [5.74, 6) is 0.393. The Morgan fingerprint density at radius 3 is 2.28 bits per heavy atom. The van der Waals surface area contributed by atoms with Crippen LogP contribution in [0.15, 0.2) is 61.7 Å². The molecule has 1 N–H and O–H groups in total. The van der Waals surface area contributed by atoms with Gasteiger partial charge < -0.3 is 4.74 Å². The topological polar surface area (TPSA) is 86.1 Å². The average Bonchev–Trinajstić information content (AvgIpc) is 2.62. The summed E-state index contributed by atoms with van der Waals surface area (Å²) in [6.45, 7) is 0. The van der Waals surface area contributed by atoms with Crippen LogP contribution in [0.1, 0.15) is 0 Å². The second kappa shape index (κ2) is 7.84. The molecule has 0 bridgehead atoms. The van der Waals surface area contributed by atoms with Crippen molar-refractivity contribution in [1.29, 1.82) is 0 Å². The number of hydrogen-bond acceptors (Lipinski definition) is 5. The van der Waals surface area contributed by atoms with E-state index < -0.39 is 22.6 Å². The lowest BCUT2D eigenvalue weighted by Gasteiger charge is -2.11. The van der Waals surface area contributed by atoms with Crippen molar-refractivity contribution in [2.24, 2.45) is 7.05 Å². The lowest BCUT2D eigenvalue weighted by molar-refractivity contribution is -0.0328. The zero-order valence-electron chi connectivity index (χ0n) is 14.5. The van der Waals surface area contributed by atoms with E-state index in [-0.39, 0.29) is 38.9 Å². The Labute approximate surface area is 169 Å². The molecule has 0 aliphatic rings. The summed E-state index contributed by atoms with van der Waals surface area (Å²) >= 11 is 5.90. The number of nitrogens with one attached hydrogen (secondary N) is 1. The second-order valence-electron chi connectivity index (χ2n) is 5.65. The first-order valence-electron chi connectivity index (χ1n) is 7.81. The monoisotopic (exact) mass is 445 g/mol. The molecule has 29 heavy (non-hydrogen) atoms. The molecule has 12 heteroatoms. The summed E-state index contributed by atoms with van der Waals surface area (Å²) in [4.78, 5) is 37.6. The van der Waals surface area contributed by atoms with Crippen LogP contribution in [0.3, 0.4) is 0 Å². The number of halogens is 4. The molecule has 7 nitrogen and oxygen atoms in total. The van der Waals surface area contributed by atoms with E-state index in [9.17, 15) is 27.6 Å². The molecule has 0 radical (unpaired) electrons. The largest absolute Gasteiger partial charge is 0.456 e. The van der Waals surface area contributed by atoms with Crippen molar-refractivity contribution in [3.05, 3.63) is 78.9 Å². The van der Waals surface area contributed by atoms with E-state index in [1.807, 2.05) is 4.98 Å². The predicted octanol–water partition coefficient (Wildman–Crippen LogP) is 3.28. The average molecular weight is 446 g/mol. The number of H-pyrrole nitrogens is 1. The standard InChI is InChI=1S/C17H11ClF3N3O4S/c1-23-14(25)22-15(26)24(16(23)27)9-2-7-13(12(18)8-9)28-10-3-5-11(6-4-10)29-17(19,20)21/h2-8H,1H3,(H,22,25,26). The minimum atomic E-state index is -4.39. The normalized spacial score (nSPS) is 11.5. The van der Waals surface area contributed by atoms with Crippen LogP contribution in [0.2, 0.25) is 5.02 Å². The minimum absolute atomic E-state index is 0.000384. The summed E-state index contributed by atoms with van der Waals surface area (Å²) in [6, 6.07) is 9.23. The molecule has 0 unspecified atom stereocenters. The van der Waals surface area contributed by atoms with E-state index in [1.165, 1.54) is 49.5 Å². The highest BCUT2D eigenvalue weighted by molar-refractivity contribution is 8.00. The number of nitrogens with zero attached hydrogens (tertiary/aromatic N) is 2. The summed E-state index contributed by atoms with van der Waals surface area (Å²) in [5, 5.41) is 0.0383. The molecule has 0 aliphatic carbocycles. The van der Waals surface area contributed by atoms with Crippen LogP contribution in [-0.4, -0.2) is 19.6 Å². The van der Waals surface area contributed by atoms with Crippen molar-refractivity contribution in [2.75, 3.05) is 0 Å². The van der Waals surface area contributed by atoms with E-state index in [0.29, 0.717) is 0 Å². The van der Waals surface area contributed by atoms with Crippen LogP contribution in [0, 0.1) is 0 Å². The van der Waals surface area contributed by atoms with Gasteiger partial charge in [0.2, 0.25) is 0 Å². The maximum Gasteiger partial charge on any atom is 0.446 e. The Hall–Kier alpha value is -2.92. The first-order chi connectivity index (χ1) is 13.5. The Balaban J connectivity index is 1.88. The van der Waals surface area contributed by atoms with Crippen molar-refractivity contribution in [3.8, 4) is 17.2 Å². The molecular formula is C17H11ClF3N3O4S. The highest BCUT2D eigenvalue weighted by Gasteiger charge is 2.29. The second-order valence-corrected chi connectivity index (χ2v) is 7.19. The molecule has 1 heterocycles.